The number of aromatic amines is 1. The molecule has 0 aliphatic carbocycles. The Morgan fingerprint density at radius 3 is 2.65 bits per heavy atom. The van der Waals surface area contributed by atoms with Crippen molar-refractivity contribution < 1.29 is 4.79 Å². The summed E-state index contributed by atoms with van der Waals surface area (Å²) in [6, 6.07) is 11.6. The van der Waals surface area contributed by atoms with Gasteiger partial charge in [-0.05, 0) is 31.4 Å². The predicted octanol–water partition coefficient (Wildman–Crippen LogP) is 2.78. The number of anilines is 2. The highest BCUT2D eigenvalue weighted by atomic mass is 16.2. The summed E-state index contributed by atoms with van der Waals surface area (Å²) >= 11 is 0. The van der Waals surface area contributed by atoms with Crippen molar-refractivity contribution in [2.45, 2.75) is 19.3 Å². The van der Waals surface area contributed by atoms with Crippen molar-refractivity contribution >= 4 is 17.4 Å². The van der Waals surface area contributed by atoms with Gasteiger partial charge in [0, 0.05) is 24.8 Å². The van der Waals surface area contributed by atoms with Crippen LogP contribution in [-0.2, 0) is 0 Å². The molecule has 1 aliphatic heterocycles. The number of hydrogen-bond donors (Lipinski definition) is 2. The number of hydrogen-bond acceptors (Lipinski definition) is 3. The fourth-order valence-electron chi connectivity index (χ4n) is 2.43. The molecular formula is C15H18N4O. The molecule has 1 aromatic heterocycles. The third-order valence-electron chi connectivity index (χ3n) is 3.50. The van der Waals surface area contributed by atoms with Gasteiger partial charge in [-0.3, -0.25) is 9.89 Å². The summed E-state index contributed by atoms with van der Waals surface area (Å²) in [4.78, 5) is 14.2. The number of H-pyrrole nitrogens is 1. The van der Waals surface area contributed by atoms with Gasteiger partial charge in [0.2, 0.25) is 0 Å². The normalized spacial score (nSPS) is 15.1. The zero-order chi connectivity index (χ0) is 13.8. The molecule has 2 heterocycles. The molecule has 1 fully saturated rings. The quantitative estimate of drug-likeness (QED) is 0.901. The van der Waals surface area contributed by atoms with Crippen molar-refractivity contribution in [2.24, 2.45) is 0 Å². The second kappa shape index (κ2) is 5.77. The van der Waals surface area contributed by atoms with Gasteiger partial charge in [0.1, 0.15) is 5.69 Å². The van der Waals surface area contributed by atoms with Gasteiger partial charge in [0.15, 0.2) is 5.82 Å². The largest absolute Gasteiger partial charge is 0.339 e. The third-order valence-corrected chi connectivity index (χ3v) is 3.50. The Balaban J connectivity index is 1.68. The van der Waals surface area contributed by atoms with Crippen LogP contribution < -0.4 is 5.32 Å². The zero-order valence-electron chi connectivity index (χ0n) is 11.3. The first kappa shape index (κ1) is 12.7. The third kappa shape index (κ3) is 2.82. The highest BCUT2D eigenvalue weighted by molar-refractivity contribution is 5.93. The molecule has 3 rings (SSSR count). The lowest BCUT2D eigenvalue weighted by Crippen LogP contribution is -2.35. The first-order valence-corrected chi connectivity index (χ1v) is 7.00. The Kier molecular flexibility index (Phi) is 3.67. The Hall–Kier alpha value is -2.30. The van der Waals surface area contributed by atoms with Crippen LogP contribution in [0.25, 0.3) is 0 Å². The summed E-state index contributed by atoms with van der Waals surface area (Å²) in [5, 5.41) is 10.1. The van der Waals surface area contributed by atoms with Gasteiger partial charge in [-0.1, -0.05) is 18.2 Å². The number of piperidine rings is 1. The first-order valence-electron chi connectivity index (χ1n) is 7.00. The summed E-state index contributed by atoms with van der Waals surface area (Å²) < 4.78 is 0. The van der Waals surface area contributed by atoms with E-state index in [1.165, 1.54) is 6.42 Å². The number of para-hydroxylation sites is 1. The van der Waals surface area contributed by atoms with E-state index in [4.69, 9.17) is 0 Å². The molecule has 0 saturated carbocycles. The maximum atomic E-state index is 12.3. The molecule has 2 aromatic rings. The van der Waals surface area contributed by atoms with Gasteiger partial charge >= 0.3 is 0 Å². The number of rotatable bonds is 3. The molecule has 0 bridgehead atoms. The van der Waals surface area contributed by atoms with Crippen LogP contribution >= 0.6 is 0 Å². The van der Waals surface area contributed by atoms with Crippen molar-refractivity contribution in [1.29, 1.82) is 0 Å². The van der Waals surface area contributed by atoms with E-state index in [0.29, 0.717) is 11.5 Å². The lowest BCUT2D eigenvalue weighted by molar-refractivity contribution is 0.0718. The highest BCUT2D eigenvalue weighted by Gasteiger charge is 2.19. The van der Waals surface area contributed by atoms with Crippen LogP contribution in [0.2, 0.25) is 0 Å². The van der Waals surface area contributed by atoms with Crippen LogP contribution in [0.1, 0.15) is 29.8 Å². The van der Waals surface area contributed by atoms with Crippen LogP contribution in [-0.4, -0.2) is 34.1 Å². The predicted molar refractivity (Wildman–Crippen MR) is 78.1 cm³/mol. The van der Waals surface area contributed by atoms with Crippen molar-refractivity contribution in [1.82, 2.24) is 15.1 Å². The average Bonchev–Trinajstić information content (AvgIpc) is 2.97. The molecule has 0 atom stereocenters. The zero-order valence-corrected chi connectivity index (χ0v) is 11.3. The summed E-state index contributed by atoms with van der Waals surface area (Å²) in [6.45, 7) is 1.69. The topological polar surface area (TPSA) is 61.0 Å². The summed E-state index contributed by atoms with van der Waals surface area (Å²) in [5.74, 6) is 0.704. The molecule has 104 valence electrons. The van der Waals surface area contributed by atoms with Crippen molar-refractivity contribution in [3.05, 3.63) is 42.1 Å². The van der Waals surface area contributed by atoms with Gasteiger partial charge < -0.3 is 10.2 Å². The van der Waals surface area contributed by atoms with Crippen LogP contribution in [0.5, 0.6) is 0 Å². The Labute approximate surface area is 118 Å². The van der Waals surface area contributed by atoms with Crippen molar-refractivity contribution in [2.75, 3.05) is 18.4 Å². The average molecular weight is 270 g/mol. The van der Waals surface area contributed by atoms with Gasteiger partial charge in [0.25, 0.3) is 5.91 Å². The molecule has 1 amide bonds. The molecule has 1 aliphatic rings. The molecule has 2 N–H and O–H groups in total. The van der Waals surface area contributed by atoms with E-state index in [1.54, 1.807) is 6.07 Å². The molecule has 1 saturated heterocycles. The minimum Gasteiger partial charge on any atom is -0.339 e. The number of nitrogens with zero attached hydrogens (tertiary/aromatic N) is 2. The Bertz CT molecular complexity index is 573. The van der Waals surface area contributed by atoms with Crippen molar-refractivity contribution in [3.63, 3.8) is 0 Å². The van der Waals surface area contributed by atoms with E-state index in [0.717, 1.165) is 31.6 Å². The SMILES string of the molecule is O=C(c1cc(Nc2ccccc2)n[nH]1)N1CCCCC1. The second-order valence-corrected chi connectivity index (χ2v) is 5.01. The van der Waals surface area contributed by atoms with E-state index in [-0.39, 0.29) is 5.91 Å². The summed E-state index contributed by atoms with van der Waals surface area (Å²) in [6.07, 6.45) is 3.40. The molecular weight excluding hydrogens is 252 g/mol. The molecule has 0 spiro atoms. The minimum absolute atomic E-state index is 0.0401. The molecule has 0 unspecified atom stereocenters. The number of nitrogens with one attached hydrogen (secondary N) is 2. The minimum atomic E-state index is 0.0401. The molecule has 5 heteroatoms. The highest BCUT2D eigenvalue weighted by Crippen LogP contribution is 2.17. The summed E-state index contributed by atoms with van der Waals surface area (Å²) in [7, 11) is 0. The van der Waals surface area contributed by atoms with E-state index in [1.807, 2.05) is 35.2 Å². The van der Waals surface area contributed by atoms with Crippen LogP contribution in [0.3, 0.4) is 0 Å². The maximum absolute atomic E-state index is 12.3. The Morgan fingerprint density at radius 1 is 1.15 bits per heavy atom. The number of carbonyl (C=O) groups is 1. The smallest absolute Gasteiger partial charge is 0.271 e. The Morgan fingerprint density at radius 2 is 1.90 bits per heavy atom. The summed E-state index contributed by atoms with van der Waals surface area (Å²) in [5.41, 5.74) is 1.50. The lowest BCUT2D eigenvalue weighted by atomic mass is 10.1. The monoisotopic (exact) mass is 270 g/mol. The number of likely N-dealkylation sites (tertiary alicyclic amines) is 1. The van der Waals surface area contributed by atoms with Crippen LogP contribution in [0.4, 0.5) is 11.5 Å². The van der Waals surface area contributed by atoms with E-state index >= 15 is 0 Å². The van der Waals surface area contributed by atoms with E-state index in [2.05, 4.69) is 15.5 Å². The van der Waals surface area contributed by atoms with Crippen LogP contribution in [0, 0.1) is 0 Å². The van der Waals surface area contributed by atoms with Gasteiger partial charge in [-0.2, -0.15) is 5.10 Å². The molecule has 1 aromatic carbocycles. The number of carbonyl (C=O) groups excluding carboxylic acids is 1. The standard InChI is InChI=1S/C15H18N4O/c20-15(19-9-5-2-6-10-19)13-11-14(18-17-13)16-12-7-3-1-4-8-12/h1,3-4,7-8,11H,2,5-6,9-10H2,(H2,16,17,18). The molecule has 20 heavy (non-hydrogen) atoms. The van der Waals surface area contributed by atoms with E-state index < -0.39 is 0 Å². The molecule has 0 radical (unpaired) electrons. The van der Waals surface area contributed by atoms with Crippen LogP contribution in [0.15, 0.2) is 36.4 Å². The fraction of sp³-hybridized carbons (Fsp3) is 0.333. The second-order valence-electron chi connectivity index (χ2n) is 5.01. The fourth-order valence-corrected chi connectivity index (χ4v) is 2.43. The number of aromatic nitrogens is 2. The lowest BCUT2D eigenvalue weighted by Gasteiger charge is -2.25. The van der Waals surface area contributed by atoms with Gasteiger partial charge in [-0.25, -0.2) is 0 Å². The maximum Gasteiger partial charge on any atom is 0.271 e. The van der Waals surface area contributed by atoms with Gasteiger partial charge in [-0.15, -0.1) is 0 Å². The van der Waals surface area contributed by atoms with E-state index in [9.17, 15) is 4.79 Å². The van der Waals surface area contributed by atoms with Gasteiger partial charge in [0.05, 0.1) is 0 Å². The number of amides is 1. The molecule has 5 nitrogen and oxygen atoms in total. The van der Waals surface area contributed by atoms with Crippen molar-refractivity contribution in [3.8, 4) is 0 Å². The number of benzene rings is 1. The first-order chi connectivity index (χ1) is 9.83.